The van der Waals surface area contributed by atoms with Crippen LogP contribution in [-0.4, -0.2) is 55.1 Å². The fraction of sp³-hybridized carbons (Fsp3) is 0.267. The number of hydrogen-bond donors (Lipinski definition) is 1. The molecule has 0 spiro atoms. The maximum atomic E-state index is 13.7. The summed E-state index contributed by atoms with van der Waals surface area (Å²) in [5.74, 6) is 2.48. The molecule has 1 fully saturated rings. The monoisotopic (exact) mass is 621 g/mol. The van der Waals surface area contributed by atoms with Gasteiger partial charge in [0.15, 0.2) is 15.6 Å². The lowest BCUT2D eigenvalue weighted by Gasteiger charge is -2.31. The molecular weight excluding hydrogens is 598 g/mol. The Morgan fingerprint density at radius 1 is 1.16 bits per heavy atom. The quantitative estimate of drug-likeness (QED) is 0.169. The van der Waals surface area contributed by atoms with Crippen LogP contribution in [0.15, 0.2) is 48.9 Å². The average molecular weight is 622 g/mol. The minimum absolute atomic E-state index is 0.233. The molecule has 0 atom stereocenters. The molecule has 6 rings (SSSR count). The summed E-state index contributed by atoms with van der Waals surface area (Å²) in [4.78, 5) is 31.4. The van der Waals surface area contributed by atoms with Crippen molar-refractivity contribution in [3.63, 3.8) is 0 Å². The number of thiazole rings is 1. The number of alkyl halides is 4. The molecule has 4 aromatic heterocycles. The molecule has 1 aliphatic rings. The Balaban J connectivity index is 1.33. The number of benzene rings is 1. The van der Waals surface area contributed by atoms with Gasteiger partial charge in [-0.25, -0.2) is 27.5 Å². The second kappa shape index (κ2) is 11.6. The lowest BCUT2D eigenvalue weighted by molar-refractivity contribution is -0.0936. The van der Waals surface area contributed by atoms with E-state index in [0.29, 0.717) is 50.0 Å². The Kier molecular flexibility index (Phi) is 7.73. The van der Waals surface area contributed by atoms with Gasteiger partial charge < -0.3 is 4.74 Å². The number of nitrogens with one attached hydrogen (secondary N) is 1. The third kappa shape index (κ3) is 6.09. The first-order valence-electron chi connectivity index (χ1n) is 13.4. The third-order valence-corrected chi connectivity index (χ3v) is 7.79. The van der Waals surface area contributed by atoms with E-state index in [4.69, 9.17) is 4.74 Å². The largest absolute Gasteiger partial charge is 0.494 e. The maximum Gasteiger partial charge on any atom is 0.258 e. The number of hydrogen-bond acceptors (Lipinski definition) is 8. The van der Waals surface area contributed by atoms with Crippen LogP contribution in [0.4, 0.5) is 22.7 Å². The van der Waals surface area contributed by atoms with Crippen LogP contribution in [0.5, 0.6) is 5.75 Å². The molecule has 0 radical (unpaired) electrons. The molecule has 44 heavy (non-hydrogen) atoms. The number of methoxy groups -OCH3 is 1. The van der Waals surface area contributed by atoms with Crippen molar-refractivity contribution < 1.29 is 27.1 Å². The van der Waals surface area contributed by atoms with Crippen LogP contribution in [0.25, 0.3) is 32.9 Å². The predicted octanol–water partition coefficient (Wildman–Crippen LogP) is 6.24. The van der Waals surface area contributed by atoms with Crippen molar-refractivity contribution in [1.82, 2.24) is 29.7 Å². The number of aryl methyl sites for hydroxylation is 1. The first-order valence-corrected chi connectivity index (χ1v) is 14.2. The molecule has 14 heteroatoms. The van der Waals surface area contributed by atoms with Crippen molar-refractivity contribution in [2.45, 2.75) is 38.7 Å². The summed E-state index contributed by atoms with van der Waals surface area (Å²) in [6.07, 6.45) is 1.26. The van der Waals surface area contributed by atoms with Crippen molar-refractivity contribution in [2.75, 3.05) is 12.4 Å². The Morgan fingerprint density at radius 3 is 2.73 bits per heavy atom. The van der Waals surface area contributed by atoms with Crippen molar-refractivity contribution in [3.05, 3.63) is 65.9 Å². The van der Waals surface area contributed by atoms with Crippen LogP contribution in [0.3, 0.4) is 0 Å². The molecule has 1 aliphatic carbocycles. The molecule has 1 N–H and O–H groups in total. The van der Waals surface area contributed by atoms with Gasteiger partial charge in [0.25, 0.3) is 18.3 Å². The molecule has 224 valence electrons. The van der Waals surface area contributed by atoms with Crippen LogP contribution >= 0.6 is 11.3 Å². The van der Waals surface area contributed by atoms with Crippen LogP contribution in [0.2, 0.25) is 0 Å². The Bertz CT molecular complexity index is 1940. The van der Waals surface area contributed by atoms with Crippen LogP contribution in [-0.2, 0) is 6.54 Å². The number of aromatic nitrogens is 6. The molecule has 0 unspecified atom stereocenters. The number of ether oxygens (including phenoxy) is 1. The summed E-state index contributed by atoms with van der Waals surface area (Å²) >= 11 is 1.09. The zero-order valence-electron chi connectivity index (χ0n) is 23.3. The molecule has 0 bridgehead atoms. The van der Waals surface area contributed by atoms with Gasteiger partial charge in [-0.1, -0.05) is 23.3 Å². The summed E-state index contributed by atoms with van der Waals surface area (Å²) in [6, 6.07) is 8.36. The standard InChI is InChI=1S/C30H23F4N7O2S/c1-16-9-22(24(43-2)14-35-16)21-10-18(23-7-8-37-41(23)15-25(31)32)4-6-20(21)27(42)40-29-39-26-28(44-29)38-19(13-36-26)5-3-17-11-30(33,34)12-17/h4,6-10,13-14,17,25H,11-12,15H2,1-2H3,(H,36,39,40,42). The first-order chi connectivity index (χ1) is 21.1. The van der Waals surface area contributed by atoms with E-state index >= 15 is 0 Å². The van der Waals surface area contributed by atoms with Crippen molar-refractivity contribution in [2.24, 2.45) is 5.92 Å². The number of nitrogens with zero attached hydrogens (tertiary/aromatic N) is 6. The van der Waals surface area contributed by atoms with E-state index in [1.807, 2.05) is 0 Å². The van der Waals surface area contributed by atoms with E-state index in [-0.39, 0.29) is 29.5 Å². The highest BCUT2D eigenvalue weighted by atomic mass is 32.1. The first kappa shape index (κ1) is 29.2. The molecule has 4 heterocycles. The molecule has 1 aromatic carbocycles. The topological polar surface area (TPSA) is 108 Å². The minimum Gasteiger partial charge on any atom is -0.494 e. The predicted molar refractivity (Wildman–Crippen MR) is 156 cm³/mol. The third-order valence-electron chi connectivity index (χ3n) is 6.94. The lowest BCUT2D eigenvalue weighted by Crippen LogP contribution is -2.34. The van der Waals surface area contributed by atoms with Crippen molar-refractivity contribution >= 4 is 32.9 Å². The summed E-state index contributed by atoms with van der Waals surface area (Å²) in [5.41, 5.74) is 3.62. The Morgan fingerprint density at radius 2 is 1.98 bits per heavy atom. The number of anilines is 1. The number of fused-ring (bicyclic) bond motifs is 1. The SMILES string of the molecule is COc1cnc(C)cc1-c1cc(-c2ccnn2CC(F)F)ccc1C(=O)Nc1nc2ncc(C#CC3CC(F)(F)C3)nc2s1. The highest BCUT2D eigenvalue weighted by Gasteiger charge is 2.44. The van der Waals surface area contributed by atoms with Crippen LogP contribution in [0.1, 0.15) is 34.6 Å². The molecule has 9 nitrogen and oxygen atoms in total. The molecular formula is C30H23F4N7O2S. The summed E-state index contributed by atoms with van der Waals surface area (Å²) < 4.78 is 59.3. The maximum absolute atomic E-state index is 13.7. The van der Waals surface area contributed by atoms with Gasteiger partial charge in [-0.3, -0.25) is 19.8 Å². The van der Waals surface area contributed by atoms with E-state index in [1.54, 1.807) is 43.5 Å². The second-order valence-corrected chi connectivity index (χ2v) is 11.1. The Labute approximate surface area is 252 Å². The number of rotatable bonds is 7. The Hall–Kier alpha value is -4.90. The molecule has 0 aliphatic heterocycles. The van der Waals surface area contributed by atoms with Gasteiger partial charge in [-0.15, -0.1) is 0 Å². The number of carbonyl (C=O) groups excluding carboxylic acids is 1. The van der Waals surface area contributed by atoms with Gasteiger partial charge in [-0.05, 0) is 42.7 Å². The van der Waals surface area contributed by atoms with E-state index in [2.05, 4.69) is 42.2 Å². The number of carbonyl (C=O) groups is 1. The summed E-state index contributed by atoms with van der Waals surface area (Å²) in [7, 11) is 1.48. The van der Waals surface area contributed by atoms with Gasteiger partial charge in [0.1, 0.15) is 18.0 Å². The highest BCUT2D eigenvalue weighted by molar-refractivity contribution is 7.21. The number of halogens is 4. The zero-order valence-corrected chi connectivity index (χ0v) is 24.1. The van der Waals surface area contributed by atoms with E-state index in [9.17, 15) is 22.4 Å². The smallest absolute Gasteiger partial charge is 0.258 e. The van der Waals surface area contributed by atoms with Gasteiger partial charge in [-0.2, -0.15) is 10.1 Å². The second-order valence-electron chi connectivity index (χ2n) is 10.2. The minimum atomic E-state index is -2.65. The number of amides is 1. The summed E-state index contributed by atoms with van der Waals surface area (Å²) in [5, 5.41) is 7.05. The molecule has 1 amide bonds. The number of pyridine rings is 1. The van der Waals surface area contributed by atoms with E-state index < -0.39 is 24.8 Å². The van der Waals surface area contributed by atoms with Gasteiger partial charge in [0.2, 0.25) is 0 Å². The van der Waals surface area contributed by atoms with E-state index in [0.717, 1.165) is 11.3 Å². The van der Waals surface area contributed by atoms with Crippen molar-refractivity contribution in [1.29, 1.82) is 0 Å². The van der Waals surface area contributed by atoms with Gasteiger partial charge in [0.05, 0.1) is 25.2 Å². The van der Waals surface area contributed by atoms with Crippen LogP contribution < -0.4 is 10.1 Å². The van der Waals surface area contributed by atoms with Gasteiger partial charge >= 0.3 is 0 Å². The normalized spacial score (nSPS) is 14.2. The zero-order chi connectivity index (χ0) is 31.0. The fourth-order valence-corrected chi connectivity index (χ4v) is 5.63. The van der Waals surface area contributed by atoms with E-state index in [1.165, 1.54) is 24.2 Å². The molecule has 0 saturated heterocycles. The highest BCUT2D eigenvalue weighted by Crippen LogP contribution is 2.42. The molecule has 1 saturated carbocycles. The average Bonchev–Trinajstić information content (AvgIpc) is 3.60. The fourth-order valence-electron chi connectivity index (χ4n) is 4.84. The molecule has 5 aromatic rings. The summed E-state index contributed by atoms with van der Waals surface area (Å²) in [6.45, 7) is 1.21. The van der Waals surface area contributed by atoms with Crippen LogP contribution in [0, 0.1) is 24.7 Å². The lowest BCUT2D eigenvalue weighted by atomic mass is 9.82. The van der Waals surface area contributed by atoms with Crippen molar-refractivity contribution in [3.8, 4) is 40.0 Å². The van der Waals surface area contributed by atoms with Gasteiger partial charge in [0, 0.05) is 47.3 Å².